The maximum absolute atomic E-state index is 12.3. The molecule has 1 heterocycles. The third-order valence-electron chi connectivity index (χ3n) is 3.06. The van der Waals surface area contributed by atoms with Crippen LogP contribution in [0.2, 0.25) is 0 Å². The van der Waals surface area contributed by atoms with Gasteiger partial charge in [0.15, 0.2) is 0 Å². The van der Waals surface area contributed by atoms with Crippen molar-refractivity contribution >= 4 is 11.9 Å². The Morgan fingerprint density at radius 1 is 1.33 bits per heavy atom. The van der Waals surface area contributed by atoms with Crippen molar-refractivity contribution in [1.82, 2.24) is 4.90 Å². The zero-order valence-electron chi connectivity index (χ0n) is 10.2. The van der Waals surface area contributed by atoms with E-state index in [9.17, 15) is 22.8 Å². The van der Waals surface area contributed by atoms with Gasteiger partial charge in [-0.1, -0.05) is 13.8 Å². The van der Waals surface area contributed by atoms with Gasteiger partial charge in [0, 0.05) is 13.1 Å². The Labute approximate surface area is 103 Å². The van der Waals surface area contributed by atoms with Crippen LogP contribution in [0.5, 0.6) is 0 Å². The normalized spacial score (nSPS) is 24.7. The number of amides is 1. The minimum absolute atomic E-state index is 0.131. The Kier molecular flexibility index (Phi) is 4.24. The summed E-state index contributed by atoms with van der Waals surface area (Å²) in [6.07, 6.45) is -4.44. The van der Waals surface area contributed by atoms with Crippen molar-refractivity contribution in [2.24, 2.45) is 17.8 Å². The number of alkyl halides is 3. The van der Waals surface area contributed by atoms with E-state index in [2.05, 4.69) is 0 Å². The summed E-state index contributed by atoms with van der Waals surface area (Å²) in [5.74, 6) is -4.22. The van der Waals surface area contributed by atoms with Gasteiger partial charge in [0.1, 0.15) is 0 Å². The molecule has 1 aliphatic rings. The average molecular weight is 267 g/mol. The summed E-state index contributed by atoms with van der Waals surface area (Å²) in [6.45, 7) is 3.25. The van der Waals surface area contributed by atoms with Crippen LogP contribution in [0.3, 0.4) is 0 Å². The third-order valence-corrected chi connectivity index (χ3v) is 3.06. The van der Waals surface area contributed by atoms with E-state index in [1.165, 1.54) is 0 Å². The van der Waals surface area contributed by atoms with Gasteiger partial charge in [-0.2, -0.15) is 13.2 Å². The number of carboxylic acid groups (broad SMARTS) is 1. The monoisotopic (exact) mass is 267 g/mol. The first-order valence-electron chi connectivity index (χ1n) is 5.71. The molecule has 1 aliphatic heterocycles. The van der Waals surface area contributed by atoms with E-state index in [1.54, 1.807) is 0 Å². The minimum Gasteiger partial charge on any atom is -0.481 e. The van der Waals surface area contributed by atoms with Gasteiger partial charge in [-0.3, -0.25) is 9.59 Å². The van der Waals surface area contributed by atoms with Crippen LogP contribution in [-0.2, 0) is 9.59 Å². The van der Waals surface area contributed by atoms with E-state index in [4.69, 9.17) is 5.11 Å². The van der Waals surface area contributed by atoms with E-state index in [0.717, 1.165) is 0 Å². The highest BCUT2D eigenvalue weighted by Gasteiger charge is 2.48. The molecule has 104 valence electrons. The Balaban J connectivity index is 2.78. The highest BCUT2D eigenvalue weighted by Crippen LogP contribution is 2.32. The molecule has 0 aromatic rings. The molecule has 0 aliphatic carbocycles. The first-order valence-corrected chi connectivity index (χ1v) is 5.71. The number of halogens is 3. The number of nitrogens with zero attached hydrogens (tertiary/aromatic N) is 1. The molecule has 2 atom stereocenters. The molecule has 1 amide bonds. The third kappa shape index (κ3) is 3.36. The lowest BCUT2D eigenvalue weighted by atomic mass is 9.88. The fourth-order valence-electron chi connectivity index (χ4n) is 2.34. The minimum atomic E-state index is -4.93. The maximum atomic E-state index is 12.3. The molecule has 0 spiro atoms. The van der Waals surface area contributed by atoms with Crippen LogP contribution in [0.15, 0.2) is 0 Å². The smallest absolute Gasteiger partial charge is 0.471 e. The maximum Gasteiger partial charge on any atom is 0.471 e. The Hall–Kier alpha value is -1.27. The molecule has 0 aromatic carbocycles. The predicted octanol–water partition coefficient (Wildman–Crippen LogP) is 1.75. The van der Waals surface area contributed by atoms with Crippen molar-refractivity contribution < 1.29 is 27.9 Å². The molecule has 1 N–H and O–H groups in total. The fourth-order valence-corrected chi connectivity index (χ4v) is 2.34. The van der Waals surface area contributed by atoms with Crippen molar-refractivity contribution in [3.63, 3.8) is 0 Å². The topological polar surface area (TPSA) is 57.6 Å². The summed E-state index contributed by atoms with van der Waals surface area (Å²) in [4.78, 5) is 22.7. The van der Waals surface area contributed by atoms with Gasteiger partial charge >= 0.3 is 18.1 Å². The summed E-state index contributed by atoms with van der Waals surface area (Å²) < 4.78 is 36.8. The number of likely N-dealkylation sites (tertiary alicyclic amines) is 1. The fraction of sp³-hybridized carbons (Fsp3) is 0.818. The predicted molar refractivity (Wildman–Crippen MR) is 56.7 cm³/mol. The van der Waals surface area contributed by atoms with Gasteiger partial charge < -0.3 is 10.0 Å². The lowest BCUT2D eigenvalue weighted by molar-refractivity contribution is -0.184. The summed E-state index contributed by atoms with van der Waals surface area (Å²) in [7, 11) is 0. The molecule has 0 aromatic heterocycles. The van der Waals surface area contributed by atoms with Crippen LogP contribution in [0.25, 0.3) is 0 Å². The van der Waals surface area contributed by atoms with Gasteiger partial charge in [0.05, 0.1) is 5.92 Å². The van der Waals surface area contributed by atoms with E-state index < -0.39 is 29.9 Å². The number of hydrogen-bond donors (Lipinski definition) is 1. The van der Waals surface area contributed by atoms with Crippen molar-refractivity contribution in [3.05, 3.63) is 0 Å². The summed E-state index contributed by atoms with van der Waals surface area (Å²) in [5, 5.41) is 8.98. The van der Waals surface area contributed by atoms with E-state index in [0.29, 0.717) is 11.3 Å². The van der Waals surface area contributed by atoms with Crippen LogP contribution < -0.4 is 0 Å². The van der Waals surface area contributed by atoms with Crippen LogP contribution >= 0.6 is 0 Å². The zero-order chi connectivity index (χ0) is 14.1. The summed E-state index contributed by atoms with van der Waals surface area (Å²) in [6, 6.07) is 0. The standard InChI is InChI=1S/C11H16F3NO3/c1-6(2)3-7-4-15(5-8(7)9(16)17)10(18)11(12,13)14/h6-8H,3-5H2,1-2H3,(H,16,17)/t7-,8-/m1/s1. The molecule has 0 bridgehead atoms. The van der Waals surface area contributed by atoms with Crippen molar-refractivity contribution in [1.29, 1.82) is 0 Å². The van der Waals surface area contributed by atoms with Gasteiger partial charge in [-0.25, -0.2) is 0 Å². The van der Waals surface area contributed by atoms with Crippen LogP contribution in [-0.4, -0.2) is 41.1 Å². The number of rotatable bonds is 3. The quantitative estimate of drug-likeness (QED) is 0.847. The summed E-state index contributed by atoms with van der Waals surface area (Å²) >= 11 is 0. The second kappa shape index (κ2) is 5.16. The van der Waals surface area contributed by atoms with Gasteiger partial charge in [-0.05, 0) is 18.3 Å². The van der Waals surface area contributed by atoms with Gasteiger partial charge in [0.25, 0.3) is 0 Å². The highest BCUT2D eigenvalue weighted by atomic mass is 19.4. The Morgan fingerprint density at radius 2 is 1.89 bits per heavy atom. The lowest BCUT2D eigenvalue weighted by Gasteiger charge is -2.18. The van der Waals surface area contributed by atoms with E-state index in [-0.39, 0.29) is 19.0 Å². The van der Waals surface area contributed by atoms with Crippen molar-refractivity contribution in [3.8, 4) is 0 Å². The molecule has 0 saturated carbocycles. The van der Waals surface area contributed by atoms with E-state index >= 15 is 0 Å². The molecule has 1 rings (SSSR count). The Morgan fingerprint density at radius 3 is 2.28 bits per heavy atom. The molecule has 0 radical (unpaired) electrons. The molecule has 1 saturated heterocycles. The van der Waals surface area contributed by atoms with Crippen LogP contribution in [0, 0.1) is 17.8 Å². The first kappa shape index (κ1) is 14.8. The molecular formula is C11H16F3NO3. The molecule has 4 nitrogen and oxygen atoms in total. The number of carbonyl (C=O) groups excluding carboxylic acids is 1. The van der Waals surface area contributed by atoms with Crippen molar-refractivity contribution in [2.75, 3.05) is 13.1 Å². The first-order chi connectivity index (χ1) is 8.12. The molecular weight excluding hydrogens is 251 g/mol. The largest absolute Gasteiger partial charge is 0.481 e. The average Bonchev–Trinajstić information content (AvgIpc) is 2.58. The van der Waals surface area contributed by atoms with Crippen LogP contribution in [0.4, 0.5) is 13.2 Å². The summed E-state index contributed by atoms with van der Waals surface area (Å²) in [5.41, 5.74) is 0. The SMILES string of the molecule is CC(C)C[C@@H]1CN(C(=O)C(F)(F)F)C[C@H]1C(=O)O. The van der Waals surface area contributed by atoms with E-state index in [1.807, 2.05) is 13.8 Å². The second-order valence-corrected chi connectivity index (χ2v) is 5.04. The zero-order valence-corrected chi connectivity index (χ0v) is 10.2. The number of aliphatic carboxylic acids is 1. The van der Waals surface area contributed by atoms with Crippen LogP contribution in [0.1, 0.15) is 20.3 Å². The van der Waals surface area contributed by atoms with Gasteiger partial charge in [0.2, 0.25) is 0 Å². The van der Waals surface area contributed by atoms with Crippen molar-refractivity contribution in [2.45, 2.75) is 26.4 Å². The Bertz CT molecular complexity index is 341. The number of carboxylic acids is 1. The molecule has 7 heteroatoms. The highest BCUT2D eigenvalue weighted by molar-refractivity contribution is 5.83. The number of hydrogen-bond acceptors (Lipinski definition) is 2. The number of carbonyl (C=O) groups is 2. The molecule has 18 heavy (non-hydrogen) atoms. The van der Waals surface area contributed by atoms with Gasteiger partial charge in [-0.15, -0.1) is 0 Å². The molecule has 0 unspecified atom stereocenters. The lowest BCUT2D eigenvalue weighted by Crippen LogP contribution is -2.40. The second-order valence-electron chi connectivity index (χ2n) is 5.04. The molecule has 1 fully saturated rings.